The van der Waals surface area contributed by atoms with Crippen LogP contribution < -0.4 is 15.5 Å². The Morgan fingerprint density at radius 2 is 1.90 bits per heavy atom. The van der Waals surface area contributed by atoms with Gasteiger partial charge < -0.3 is 15.5 Å². The molecule has 156 valence electrons. The van der Waals surface area contributed by atoms with Gasteiger partial charge in [-0.25, -0.2) is 14.8 Å². The molecule has 29 heavy (non-hydrogen) atoms. The number of hydrogen-bond donors (Lipinski definition) is 2. The first-order chi connectivity index (χ1) is 13.7. The zero-order chi connectivity index (χ0) is 21.0. The Morgan fingerprint density at radius 1 is 1.17 bits per heavy atom. The topological polar surface area (TPSA) is 70.2 Å². The summed E-state index contributed by atoms with van der Waals surface area (Å²) in [5.74, 6) is 1.26. The average Bonchev–Trinajstić information content (AvgIpc) is 2.67. The van der Waals surface area contributed by atoms with Crippen molar-refractivity contribution in [3.05, 3.63) is 46.4 Å². The second-order valence-corrected chi connectivity index (χ2v) is 7.24. The minimum Gasteiger partial charge on any atom is -0.357 e. The molecule has 2 amide bonds. The van der Waals surface area contributed by atoms with Crippen LogP contribution in [0.1, 0.15) is 36.3 Å². The molecule has 1 aromatic carbocycles. The molecule has 0 radical (unpaired) electrons. The summed E-state index contributed by atoms with van der Waals surface area (Å²) in [5, 5.41) is 4.51. The van der Waals surface area contributed by atoms with Crippen LogP contribution >= 0.6 is 11.6 Å². The number of nitrogens with one attached hydrogen (secondary N) is 2. The maximum atomic E-state index is 12.9. The number of alkyl halides is 3. The van der Waals surface area contributed by atoms with Gasteiger partial charge >= 0.3 is 12.2 Å². The lowest BCUT2D eigenvalue weighted by Crippen LogP contribution is -2.32. The Bertz CT molecular complexity index is 885. The number of amides is 2. The van der Waals surface area contributed by atoms with Crippen molar-refractivity contribution in [3.8, 4) is 0 Å². The fourth-order valence-electron chi connectivity index (χ4n) is 3.13. The third-order valence-corrected chi connectivity index (χ3v) is 4.83. The Hall–Kier alpha value is -2.55. The Labute approximate surface area is 171 Å². The van der Waals surface area contributed by atoms with E-state index in [1.165, 1.54) is 12.5 Å². The molecule has 2 aromatic rings. The normalized spacial score (nSPS) is 14.6. The molecule has 1 fully saturated rings. The van der Waals surface area contributed by atoms with Gasteiger partial charge in [0.05, 0.1) is 17.1 Å². The number of urea groups is 1. The van der Waals surface area contributed by atoms with E-state index >= 15 is 0 Å². The van der Waals surface area contributed by atoms with E-state index < -0.39 is 22.8 Å². The van der Waals surface area contributed by atoms with Crippen LogP contribution in [-0.2, 0) is 12.7 Å². The van der Waals surface area contributed by atoms with Crippen molar-refractivity contribution in [2.45, 2.75) is 38.9 Å². The molecule has 0 saturated carbocycles. The molecule has 1 aliphatic rings. The third kappa shape index (κ3) is 5.72. The Kier molecular flexibility index (Phi) is 6.46. The highest BCUT2D eigenvalue weighted by molar-refractivity contribution is 6.31. The van der Waals surface area contributed by atoms with Gasteiger partial charge in [-0.2, -0.15) is 13.2 Å². The van der Waals surface area contributed by atoms with Gasteiger partial charge in [0.25, 0.3) is 0 Å². The quantitative estimate of drug-likeness (QED) is 0.737. The minimum atomic E-state index is -4.61. The zero-order valence-corrected chi connectivity index (χ0v) is 16.6. The number of anilines is 2. The summed E-state index contributed by atoms with van der Waals surface area (Å²) in [6.07, 6.45) is -1.18. The molecule has 2 heterocycles. The van der Waals surface area contributed by atoms with Gasteiger partial charge in [-0.15, -0.1) is 0 Å². The second kappa shape index (κ2) is 8.86. The highest BCUT2D eigenvalue weighted by Gasteiger charge is 2.33. The second-order valence-electron chi connectivity index (χ2n) is 6.83. The zero-order valence-electron chi connectivity index (χ0n) is 15.8. The summed E-state index contributed by atoms with van der Waals surface area (Å²) in [6, 6.07) is 4.43. The smallest absolute Gasteiger partial charge is 0.357 e. The van der Waals surface area contributed by atoms with E-state index in [2.05, 4.69) is 25.5 Å². The lowest BCUT2D eigenvalue weighted by Gasteiger charge is -2.28. The van der Waals surface area contributed by atoms with Crippen molar-refractivity contribution in [2.75, 3.05) is 23.3 Å². The number of nitrogens with zero attached hydrogens (tertiary/aromatic N) is 3. The van der Waals surface area contributed by atoms with Crippen LogP contribution in [0.4, 0.5) is 29.5 Å². The SMILES string of the molecule is Cc1cc(N2CCCCC2)nc(CNC(=O)Nc2ccc(Cl)c(C(F)(F)F)c2)n1. The molecule has 0 bridgehead atoms. The number of benzene rings is 1. The molecular weight excluding hydrogens is 407 g/mol. The first-order valence-corrected chi connectivity index (χ1v) is 9.61. The highest BCUT2D eigenvalue weighted by Crippen LogP contribution is 2.36. The van der Waals surface area contributed by atoms with Gasteiger partial charge in [-0.05, 0) is 44.4 Å². The highest BCUT2D eigenvalue weighted by atomic mass is 35.5. The van der Waals surface area contributed by atoms with Crippen molar-refractivity contribution >= 4 is 29.1 Å². The van der Waals surface area contributed by atoms with Crippen molar-refractivity contribution in [3.63, 3.8) is 0 Å². The van der Waals surface area contributed by atoms with Crippen LogP contribution in [0.15, 0.2) is 24.3 Å². The van der Waals surface area contributed by atoms with Crippen LogP contribution in [0, 0.1) is 6.92 Å². The number of carbonyl (C=O) groups is 1. The van der Waals surface area contributed by atoms with E-state index in [4.69, 9.17) is 11.6 Å². The van der Waals surface area contributed by atoms with E-state index in [-0.39, 0.29) is 12.2 Å². The number of aromatic nitrogens is 2. The van der Waals surface area contributed by atoms with Gasteiger partial charge in [0.1, 0.15) is 11.6 Å². The van der Waals surface area contributed by atoms with Crippen LogP contribution in [0.25, 0.3) is 0 Å². The largest absolute Gasteiger partial charge is 0.417 e. The lowest BCUT2D eigenvalue weighted by atomic mass is 10.1. The van der Waals surface area contributed by atoms with Crippen LogP contribution in [0.5, 0.6) is 0 Å². The maximum Gasteiger partial charge on any atom is 0.417 e. The molecule has 3 rings (SSSR count). The first kappa shape index (κ1) is 21.2. The molecule has 1 saturated heterocycles. The Morgan fingerprint density at radius 3 is 2.59 bits per heavy atom. The number of piperidine rings is 1. The number of aryl methyl sites for hydroxylation is 1. The van der Waals surface area contributed by atoms with Crippen LogP contribution in [0.3, 0.4) is 0 Å². The van der Waals surface area contributed by atoms with E-state index in [0.29, 0.717) is 5.82 Å². The predicted molar refractivity (Wildman–Crippen MR) is 105 cm³/mol. The van der Waals surface area contributed by atoms with Gasteiger partial charge in [0.2, 0.25) is 0 Å². The number of hydrogen-bond acceptors (Lipinski definition) is 4. The minimum absolute atomic E-state index is 0.0154. The third-order valence-electron chi connectivity index (χ3n) is 4.50. The lowest BCUT2D eigenvalue weighted by molar-refractivity contribution is -0.137. The molecule has 2 N–H and O–H groups in total. The maximum absolute atomic E-state index is 12.9. The van der Waals surface area contributed by atoms with E-state index in [1.807, 2.05) is 13.0 Å². The Balaban J connectivity index is 1.63. The first-order valence-electron chi connectivity index (χ1n) is 9.23. The van der Waals surface area contributed by atoms with Crippen LogP contribution in [-0.4, -0.2) is 29.1 Å². The summed E-state index contributed by atoms with van der Waals surface area (Å²) in [4.78, 5) is 23.1. The molecule has 0 aliphatic carbocycles. The van der Waals surface area contributed by atoms with Gasteiger partial charge in [0, 0.05) is 30.5 Å². The molecular formula is C19H21ClF3N5O. The van der Waals surface area contributed by atoms with E-state index in [0.717, 1.165) is 49.6 Å². The molecule has 0 spiro atoms. The van der Waals surface area contributed by atoms with Crippen molar-refractivity contribution < 1.29 is 18.0 Å². The number of carbonyl (C=O) groups excluding carboxylic acids is 1. The standard InChI is InChI=1S/C19H21ClF3N5O/c1-12-9-17(28-7-3-2-4-8-28)27-16(25-12)11-24-18(29)26-13-5-6-15(20)14(10-13)19(21,22)23/h5-6,9-10H,2-4,7-8,11H2,1H3,(H2,24,26,29). The van der Waals surface area contributed by atoms with Crippen LogP contribution in [0.2, 0.25) is 5.02 Å². The fourth-order valence-corrected chi connectivity index (χ4v) is 3.36. The molecule has 0 unspecified atom stereocenters. The average molecular weight is 428 g/mol. The van der Waals surface area contributed by atoms with E-state index in [1.54, 1.807) is 0 Å². The molecule has 1 aromatic heterocycles. The van der Waals surface area contributed by atoms with Crippen molar-refractivity contribution in [2.24, 2.45) is 0 Å². The number of rotatable bonds is 4. The monoisotopic (exact) mass is 427 g/mol. The summed E-state index contributed by atoms with van der Waals surface area (Å²) in [7, 11) is 0. The molecule has 10 heteroatoms. The number of halogens is 4. The van der Waals surface area contributed by atoms with Gasteiger partial charge in [-0.1, -0.05) is 11.6 Å². The summed E-state index contributed by atoms with van der Waals surface area (Å²) in [6.45, 7) is 3.77. The predicted octanol–water partition coefficient (Wildman–Crippen LogP) is 4.77. The van der Waals surface area contributed by atoms with Gasteiger partial charge in [0.15, 0.2) is 0 Å². The molecule has 6 nitrogen and oxygen atoms in total. The molecule has 0 atom stereocenters. The van der Waals surface area contributed by atoms with Crippen molar-refractivity contribution in [1.29, 1.82) is 0 Å². The van der Waals surface area contributed by atoms with E-state index in [9.17, 15) is 18.0 Å². The van der Waals surface area contributed by atoms with Gasteiger partial charge in [-0.3, -0.25) is 0 Å². The van der Waals surface area contributed by atoms with Crippen molar-refractivity contribution in [1.82, 2.24) is 15.3 Å². The summed E-state index contributed by atoms with van der Waals surface area (Å²) in [5.41, 5.74) is -0.242. The summed E-state index contributed by atoms with van der Waals surface area (Å²) >= 11 is 5.58. The fraction of sp³-hybridized carbons (Fsp3) is 0.421. The molecule has 1 aliphatic heterocycles. The summed E-state index contributed by atoms with van der Waals surface area (Å²) < 4.78 is 38.8.